The van der Waals surface area contributed by atoms with E-state index in [1.807, 2.05) is 26.0 Å². The molecule has 1 aliphatic rings. The molecular weight excluding hydrogens is 192 g/mol. The van der Waals surface area contributed by atoms with Crippen LogP contribution in [0.25, 0.3) is 0 Å². The second-order valence-corrected chi connectivity index (χ2v) is 3.89. The Bertz CT molecular complexity index is 259. The summed E-state index contributed by atoms with van der Waals surface area (Å²) in [6.45, 7) is 2.28. The summed E-state index contributed by atoms with van der Waals surface area (Å²) < 4.78 is 5.04. The molecule has 0 aromatic rings. The molecular formula is C11H20N2O2. The molecule has 0 heterocycles. The Labute approximate surface area is 91.2 Å². The number of nitrogens with zero attached hydrogens (tertiary/aromatic N) is 1. The first-order valence-electron chi connectivity index (χ1n) is 5.48. The number of hydrazine groups is 1. The molecule has 0 radical (unpaired) electrons. The molecule has 0 saturated carbocycles. The van der Waals surface area contributed by atoms with Crippen LogP contribution in [0.1, 0.15) is 32.6 Å². The van der Waals surface area contributed by atoms with E-state index in [2.05, 4.69) is 5.43 Å². The minimum absolute atomic E-state index is 0.165. The molecule has 0 aromatic carbocycles. The number of carbonyl (C=O) groups excluding carboxylic acids is 1. The van der Waals surface area contributed by atoms with Crippen molar-refractivity contribution in [1.82, 2.24) is 10.4 Å². The van der Waals surface area contributed by atoms with E-state index in [1.54, 1.807) is 0 Å². The number of esters is 1. The van der Waals surface area contributed by atoms with E-state index in [9.17, 15) is 4.79 Å². The van der Waals surface area contributed by atoms with E-state index in [-0.39, 0.29) is 5.97 Å². The smallest absolute Gasteiger partial charge is 0.335 e. The van der Waals surface area contributed by atoms with Crippen LogP contribution in [0.15, 0.2) is 11.3 Å². The number of ether oxygens (including phenoxy) is 1. The first kappa shape index (κ1) is 12.0. The topological polar surface area (TPSA) is 41.6 Å². The van der Waals surface area contributed by atoms with Crippen molar-refractivity contribution in [3.8, 4) is 0 Å². The number of nitrogens with one attached hydrogen (secondary N) is 1. The Morgan fingerprint density at radius 2 is 2.07 bits per heavy atom. The molecule has 0 amide bonds. The van der Waals surface area contributed by atoms with Crippen LogP contribution < -0.4 is 5.43 Å². The van der Waals surface area contributed by atoms with Gasteiger partial charge in [-0.25, -0.2) is 9.80 Å². The Kier molecular flexibility index (Phi) is 4.62. The van der Waals surface area contributed by atoms with Gasteiger partial charge in [0.05, 0.1) is 12.2 Å². The average molecular weight is 212 g/mol. The highest BCUT2D eigenvalue weighted by Crippen LogP contribution is 2.23. The fraction of sp³-hybridized carbons (Fsp3) is 0.727. The lowest BCUT2D eigenvalue weighted by Crippen LogP contribution is -2.32. The van der Waals surface area contributed by atoms with Crippen molar-refractivity contribution >= 4 is 5.97 Å². The molecule has 0 unspecified atom stereocenters. The summed E-state index contributed by atoms with van der Waals surface area (Å²) in [7, 11) is 3.84. The van der Waals surface area contributed by atoms with Gasteiger partial charge in [-0.2, -0.15) is 0 Å². The highest BCUT2D eigenvalue weighted by molar-refractivity contribution is 5.89. The molecule has 0 bridgehead atoms. The standard InChI is InChI=1S/C11H20N2O2/c1-4-15-11(14)9-7-5-6-8-10(9)12-13(2)3/h12H,4-8H2,1-3H3. The first-order valence-corrected chi connectivity index (χ1v) is 5.48. The molecule has 0 fully saturated rings. The van der Waals surface area contributed by atoms with Gasteiger partial charge in [-0.3, -0.25) is 0 Å². The normalized spacial score (nSPS) is 16.8. The van der Waals surface area contributed by atoms with Gasteiger partial charge in [-0.1, -0.05) is 0 Å². The third-order valence-corrected chi connectivity index (χ3v) is 2.35. The largest absolute Gasteiger partial charge is 0.463 e. The zero-order chi connectivity index (χ0) is 11.3. The summed E-state index contributed by atoms with van der Waals surface area (Å²) in [5.74, 6) is -0.165. The van der Waals surface area contributed by atoms with Gasteiger partial charge < -0.3 is 10.2 Å². The molecule has 86 valence electrons. The van der Waals surface area contributed by atoms with Crippen LogP contribution in [0.4, 0.5) is 0 Å². The third kappa shape index (κ3) is 3.55. The molecule has 1 rings (SSSR count). The van der Waals surface area contributed by atoms with Crippen LogP contribution >= 0.6 is 0 Å². The van der Waals surface area contributed by atoms with Crippen LogP contribution in [0.5, 0.6) is 0 Å². The highest BCUT2D eigenvalue weighted by Gasteiger charge is 2.20. The Balaban J connectivity index is 2.75. The van der Waals surface area contributed by atoms with Gasteiger partial charge in [0.15, 0.2) is 0 Å². The number of hydrogen-bond acceptors (Lipinski definition) is 4. The van der Waals surface area contributed by atoms with E-state index in [1.165, 1.54) is 0 Å². The first-order chi connectivity index (χ1) is 7.15. The monoisotopic (exact) mass is 212 g/mol. The zero-order valence-corrected chi connectivity index (χ0v) is 9.80. The van der Waals surface area contributed by atoms with Crippen molar-refractivity contribution in [2.45, 2.75) is 32.6 Å². The molecule has 1 aliphatic carbocycles. The average Bonchev–Trinajstić information content (AvgIpc) is 2.18. The third-order valence-electron chi connectivity index (χ3n) is 2.35. The fourth-order valence-corrected chi connectivity index (χ4v) is 1.74. The van der Waals surface area contributed by atoms with E-state index in [0.29, 0.717) is 6.61 Å². The lowest BCUT2D eigenvalue weighted by atomic mass is 9.96. The molecule has 4 nitrogen and oxygen atoms in total. The van der Waals surface area contributed by atoms with E-state index in [0.717, 1.165) is 37.0 Å². The van der Waals surface area contributed by atoms with Gasteiger partial charge in [-0.15, -0.1) is 0 Å². The molecule has 1 N–H and O–H groups in total. The summed E-state index contributed by atoms with van der Waals surface area (Å²) >= 11 is 0. The minimum Gasteiger partial charge on any atom is -0.463 e. The predicted molar refractivity (Wildman–Crippen MR) is 58.9 cm³/mol. The van der Waals surface area contributed by atoms with Crippen LogP contribution in [0, 0.1) is 0 Å². The van der Waals surface area contributed by atoms with Crippen LogP contribution in [0.2, 0.25) is 0 Å². The van der Waals surface area contributed by atoms with E-state index in [4.69, 9.17) is 4.74 Å². The van der Waals surface area contributed by atoms with Crippen LogP contribution in [0.3, 0.4) is 0 Å². The molecule has 0 aromatic heterocycles. The molecule has 0 atom stereocenters. The van der Waals surface area contributed by atoms with Gasteiger partial charge in [0.25, 0.3) is 0 Å². The molecule has 4 heteroatoms. The summed E-state index contributed by atoms with van der Waals surface area (Å²) in [6.07, 6.45) is 3.98. The van der Waals surface area contributed by atoms with Crippen molar-refractivity contribution in [1.29, 1.82) is 0 Å². The van der Waals surface area contributed by atoms with Gasteiger partial charge in [0.2, 0.25) is 0 Å². The lowest BCUT2D eigenvalue weighted by molar-refractivity contribution is -0.138. The lowest BCUT2D eigenvalue weighted by Gasteiger charge is -2.23. The Hall–Kier alpha value is -1.03. The predicted octanol–water partition coefficient (Wildman–Crippen LogP) is 1.44. The van der Waals surface area contributed by atoms with E-state index >= 15 is 0 Å². The summed E-state index contributed by atoms with van der Waals surface area (Å²) in [5.41, 5.74) is 5.02. The number of carbonyl (C=O) groups is 1. The molecule has 0 saturated heterocycles. The summed E-state index contributed by atoms with van der Waals surface area (Å²) in [6, 6.07) is 0. The van der Waals surface area contributed by atoms with Crippen molar-refractivity contribution in [2.24, 2.45) is 0 Å². The fourth-order valence-electron chi connectivity index (χ4n) is 1.74. The number of allylic oxidation sites excluding steroid dienone is 1. The second kappa shape index (κ2) is 5.75. The van der Waals surface area contributed by atoms with Gasteiger partial charge >= 0.3 is 5.97 Å². The Morgan fingerprint density at radius 1 is 1.40 bits per heavy atom. The van der Waals surface area contributed by atoms with Gasteiger partial charge in [-0.05, 0) is 32.6 Å². The second-order valence-electron chi connectivity index (χ2n) is 3.89. The molecule has 15 heavy (non-hydrogen) atoms. The molecule has 0 spiro atoms. The van der Waals surface area contributed by atoms with Gasteiger partial charge in [0.1, 0.15) is 0 Å². The summed E-state index contributed by atoms with van der Waals surface area (Å²) in [4.78, 5) is 11.7. The van der Waals surface area contributed by atoms with Crippen molar-refractivity contribution in [2.75, 3.05) is 20.7 Å². The summed E-state index contributed by atoms with van der Waals surface area (Å²) in [5, 5.41) is 1.86. The van der Waals surface area contributed by atoms with Crippen LogP contribution in [-0.4, -0.2) is 31.7 Å². The quantitative estimate of drug-likeness (QED) is 0.565. The zero-order valence-electron chi connectivity index (χ0n) is 9.80. The minimum atomic E-state index is -0.165. The van der Waals surface area contributed by atoms with E-state index < -0.39 is 0 Å². The Morgan fingerprint density at radius 3 is 2.67 bits per heavy atom. The maximum Gasteiger partial charge on any atom is 0.335 e. The SMILES string of the molecule is CCOC(=O)C1=C(NN(C)C)CCCC1. The van der Waals surface area contributed by atoms with Gasteiger partial charge in [0, 0.05) is 19.8 Å². The number of hydrogen-bond donors (Lipinski definition) is 1. The number of rotatable bonds is 4. The molecule has 0 aliphatic heterocycles. The van der Waals surface area contributed by atoms with Crippen molar-refractivity contribution < 1.29 is 9.53 Å². The van der Waals surface area contributed by atoms with Crippen molar-refractivity contribution in [3.63, 3.8) is 0 Å². The van der Waals surface area contributed by atoms with Crippen LogP contribution in [-0.2, 0) is 9.53 Å². The van der Waals surface area contributed by atoms with Crippen molar-refractivity contribution in [3.05, 3.63) is 11.3 Å². The maximum atomic E-state index is 11.7. The highest BCUT2D eigenvalue weighted by atomic mass is 16.5. The maximum absolute atomic E-state index is 11.7.